The third-order valence-electron chi connectivity index (χ3n) is 9.70. The summed E-state index contributed by atoms with van der Waals surface area (Å²) in [5.74, 6) is 0. The van der Waals surface area contributed by atoms with Crippen molar-refractivity contribution < 1.29 is 0 Å². The Balaban J connectivity index is 1.49. The molecule has 0 aliphatic carbocycles. The molecule has 48 heavy (non-hydrogen) atoms. The second kappa shape index (κ2) is 11.5. The first-order valence-corrected chi connectivity index (χ1v) is 16.3. The highest BCUT2D eigenvalue weighted by molar-refractivity contribution is 6.08. The lowest BCUT2D eigenvalue weighted by Crippen LogP contribution is -2.38. The van der Waals surface area contributed by atoms with Gasteiger partial charge in [-0.2, -0.15) is 0 Å². The number of nitrogens with zero attached hydrogens (tertiary/aromatic N) is 3. The van der Waals surface area contributed by atoms with Crippen molar-refractivity contribution >= 4 is 27.8 Å². The Morgan fingerprint density at radius 2 is 1.00 bits per heavy atom. The van der Waals surface area contributed by atoms with Gasteiger partial charge >= 0.3 is 0 Å². The smallest absolute Gasteiger partial charge is 0.0742 e. The minimum atomic E-state index is -0.577. The molecule has 0 atom stereocenters. The van der Waals surface area contributed by atoms with Gasteiger partial charge in [-0.15, -0.1) is 0 Å². The lowest BCUT2D eigenvalue weighted by molar-refractivity contribution is 0.733. The SMILES string of the molecule is c1ccc(C2(c3ccccc3)c3ccccc3N(c3c(-c4cccnc4)cccc3-c3cccnc3)c3c2ccc2ccccc32)cc1. The van der Waals surface area contributed by atoms with Crippen LogP contribution >= 0.6 is 0 Å². The number of benzene rings is 6. The summed E-state index contributed by atoms with van der Waals surface area (Å²) < 4.78 is 0. The zero-order valence-corrected chi connectivity index (χ0v) is 26.2. The molecular formula is C45H31N3. The molecule has 2 aromatic heterocycles. The average Bonchev–Trinajstić information content (AvgIpc) is 3.18. The van der Waals surface area contributed by atoms with Gasteiger partial charge in [0.25, 0.3) is 0 Å². The van der Waals surface area contributed by atoms with Gasteiger partial charge in [0.15, 0.2) is 0 Å². The fraction of sp³-hybridized carbons (Fsp3) is 0.0222. The highest BCUT2D eigenvalue weighted by Gasteiger charge is 2.47. The van der Waals surface area contributed by atoms with E-state index in [0.717, 1.165) is 33.6 Å². The maximum absolute atomic E-state index is 4.56. The monoisotopic (exact) mass is 613 g/mol. The average molecular weight is 614 g/mol. The van der Waals surface area contributed by atoms with Crippen molar-refractivity contribution in [2.24, 2.45) is 0 Å². The van der Waals surface area contributed by atoms with Gasteiger partial charge in [0.2, 0.25) is 0 Å². The van der Waals surface area contributed by atoms with Crippen LogP contribution in [-0.4, -0.2) is 9.97 Å². The molecule has 0 radical (unpaired) electrons. The molecule has 0 N–H and O–H groups in total. The topological polar surface area (TPSA) is 29.0 Å². The maximum atomic E-state index is 4.56. The number of para-hydroxylation sites is 2. The van der Waals surface area contributed by atoms with Gasteiger partial charge in [-0.25, -0.2) is 0 Å². The van der Waals surface area contributed by atoms with Crippen molar-refractivity contribution in [2.75, 3.05) is 4.90 Å². The van der Waals surface area contributed by atoms with Gasteiger partial charge in [0.1, 0.15) is 0 Å². The maximum Gasteiger partial charge on any atom is 0.0742 e. The molecule has 9 rings (SSSR count). The molecule has 0 bridgehead atoms. The van der Waals surface area contributed by atoms with Gasteiger partial charge in [0, 0.05) is 52.4 Å². The second-order valence-electron chi connectivity index (χ2n) is 12.2. The van der Waals surface area contributed by atoms with Gasteiger partial charge in [0.05, 0.1) is 22.5 Å². The third kappa shape index (κ3) is 4.21. The Morgan fingerprint density at radius 1 is 0.417 bits per heavy atom. The van der Waals surface area contributed by atoms with Crippen molar-refractivity contribution in [3.05, 3.63) is 211 Å². The number of pyridine rings is 2. The van der Waals surface area contributed by atoms with Crippen LogP contribution in [0, 0.1) is 0 Å². The van der Waals surface area contributed by atoms with E-state index in [2.05, 4.69) is 167 Å². The van der Waals surface area contributed by atoms with Crippen LogP contribution < -0.4 is 4.90 Å². The molecule has 0 fully saturated rings. The Hall–Kier alpha value is -6.32. The summed E-state index contributed by atoms with van der Waals surface area (Å²) in [4.78, 5) is 11.6. The lowest BCUT2D eigenvalue weighted by Gasteiger charge is -2.47. The van der Waals surface area contributed by atoms with Crippen LogP contribution in [0.25, 0.3) is 33.0 Å². The Labute approximate surface area is 280 Å². The summed E-state index contributed by atoms with van der Waals surface area (Å²) in [5, 5.41) is 2.39. The molecule has 0 saturated carbocycles. The molecule has 3 heterocycles. The van der Waals surface area contributed by atoms with Crippen molar-refractivity contribution in [1.29, 1.82) is 0 Å². The van der Waals surface area contributed by atoms with Crippen molar-refractivity contribution in [3.8, 4) is 22.3 Å². The molecule has 226 valence electrons. The van der Waals surface area contributed by atoms with Crippen molar-refractivity contribution in [2.45, 2.75) is 5.41 Å². The van der Waals surface area contributed by atoms with Gasteiger partial charge in [-0.1, -0.05) is 146 Å². The van der Waals surface area contributed by atoms with Crippen LogP contribution in [0.3, 0.4) is 0 Å². The first-order valence-electron chi connectivity index (χ1n) is 16.3. The van der Waals surface area contributed by atoms with Crippen LogP contribution in [0.2, 0.25) is 0 Å². The first-order chi connectivity index (χ1) is 23.9. The summed E-state index contributed by atoms with van der Waals surface area (Å²) >= 11 is 0. The standard InChI is InChI=1S/C45H31N3/c1-3-17-35(18-4-1)45(36-19-5-2-6-20-36)40-24-9-10-25-42(40)48(44-37-21-8-7-14-32(37)26-27-41(44)45)43-38(33-15-12-28-46-30-33)22-11-23-39(43)34-16-13-29-47-31-34/h1-31H. The highest BCUT2D eigenvalue weighted by Crippen LogP contribution is 2.61. The first kappa shape index (κ1) is 27.9. The van der Waals surface area contributed by atoms with E-state index in [0.29, 0.717) is 0 Å². The number of rotatable bonds is 5. The summed E-state index contributed by atoms with van der Waals surface area (Å²) in [6.45, 7) is 0. The summed E-state index contributed by atoms with van der Waals surface area (Å²) in [5.41, 5.74) is 12.1. The van der Waals surface area contributed by atoms with E-state index in [4.69, 9.17) is 0 Å². The molecule has 8 aromatic rings. The molecule has 0 saturated heterocycles. The minimum Gasteiger partial charge on any atom is -0.308 e. The molecule has 3 nitrogen and oxygen atoms in total. The Kier molecular flexibility index (Phi) is 6.69. The molecule has 1 aliphatic heterocycles. The predicted molar refractivity (Wildman–Crippen MR) is 197 cm³/mol. The molecule has 0 spiro atoms. The van der Waals surface area contributed by atoms with Crippen LogP contribution in [0.1, 0.15) is 22.3 Å². The number of aromatic nitrogens is 2. The van der Waals surface area contributed by atoms with E-state index in [1.165, 1.54) is 38.7 Å². The molecule has 6 aromatic carbocycles. The number of anilines is 3. The van der Waals surface area contributed by atoms with E-state index >= 15 is 0 Å². The van der Waals surface area contributed by atoms with Crippen LogP contribution in [0.15, 0.2) is 189 Å². The van der Waals surface area contributed by atoms with Crippen LogP contribution in [0.4, 0.5) is 17.1 Å². The van der Waals surface area contributed by atoms with Gasteiger partial charge in [-0.05, 0) is 45.8 Å². The summed E-state index contributed by atoms with van der Waals surface area (Å²) in [6.07, 6.45) is 7.59. The summed E-state index contributed by atoms with van der Waals surface area (Å²) in [7, 11) is 0. The van der Waals surface area contributed by atoms with Crippen LogP contribution in [0.5, 0.6) is 0 Å². The minimum absolute atomic E-state index is 0.577. The molecule has 1 aliphatic rings. The van der Waals surface area contributed by atoms with Crippen molar-refractivity contribution in [3.63, 3.8) is 0 Å². The van der Waals surface area contributed by atoms with Crippen LogP contribution in [-0.2, 0) is 5.41 Å². The Morgan fingerprint density at radius 3 is 1.62 bits per heavy atom. The summed E-state index contributed by atoms with van der Waals surface area (Å²) in [6, 6.07) is 59.2. The van der Waals surface area contributed by atoms with Gasteiger partial charge < -0.3 is 4.90 Å². The zero-order valence-electron chi connectivity index (χ0n) is 26.2. The second-order valence-corrected chi connectivity index (χ2v) is 12.2. The number of hydrogen-bond acceptors (Lipinski definition) is 3. The quantitative estimate of drug-likeness (QED) is 0.193. The normalized spacial score (nSPS) is 13.1. The van der Waals surface area contributed by atoms with E-state index < -0.39 is 5.41 Å². The van der Waals surface area contributed by atoms with E-state index in [9.17, 15) is 0 Å². The predicted octanol–water partition coefficient (Wildman–Crippen LogP) is 11.1. The lowest BCUT2D eigenvalue weighted by atomic mass is 9.62. The largest absolute Gasteiger partial charge is 0.308 e. The number of fused-ring (bicyclic) bond motifs is 4. The van der Waals surface area contributed by atoms with Crippen molar-refractivity contribution in [1.82, 2.24) is 9.97 Å². The van der Waals surface area contributed by atoms with Gasteiger partial charge in [-0.3, -0.25) is 9.97 Å². The molecule has 0 unspecified atom stereocenters. The molecular weight excluding hydrogens is 583 g/mol. The molecule has 3 heteroatoms. The van der Waals surface area contributed by atoms with E-state index in [1.807, 2.05) is 36.9 Å². The fourth-order valence-electron chi connectivity index (χ4n) is 7.74. The highest BCUT2D eigenvalue weighted by atomic mass is 15.2. The fourth-order valence-corrected chi connectivity index (χ4v) is 7.74. The third-order valence-corrected chi connectivity index (χ3v) is 9.70. The Bertz CT molecular complexity index is 2290. The van der Waals surface area contributed by atoms with E-state index in [-0.39, 0.29) is 0 Å². The zero-order chi connectivity index (χ0) is 31.9. The number of hydrogen-bond donors (Lipinski definition) is 0. The molecule has 0 amide bonds. The van der Waals surface area contributed by atoms with E-state index in [1.54, 1.807) is 0 Å².